The number of likely N-dealkylation sites (tertiary alicyclic amines) is 1. The summed E-state index contributed by atoms with van der Waals surface area (Å²) >= 11 is 0. The molecular weight excluding hydrogens is 444 g/mol. The van der Waals surface area contributed by atoms with Gasteiger partial charge in [0, 0.05) is 29.6 Å². The molecule has 1 spiro atoms. The van der Waals surface area contributed by atoms with Gasteiger partial charge < -0.3 is 24.5 Å². The van der Waals surface area contributed by atoms with Crippen LogP contribution in [0.5, 0.6) is 5.75 Å². The molecule has 2 aliphatic heterocycles. The second kappa shape index (κ2) is 9.65. The molecule has 2 aromatic rings. The van der Waals surface area contributed by atoms with Gasteiger partial charge in [0.05, 0.1) is 6.10 Å². The van der Waals surface area contributed by atoms with Crippen molar-refractivity contribution >= 4 is 29.3 Å². The van der Waals surface area contributed by atoms with Gasteiger partial charge in [-0.1, -0.05) is 0 Å². The van der Waals surface area contributed by atoms with Gasteiger partial charge in [-0.2, -0.15) is 0 Å². The van der Waals surface area contributed by atoms with Crippen molar-refractivity contribution in [3.8, 4) is 5.75 Å². The fourth-order valence-corrected chi connectivity index (χ4v) is 5.87. The minimum absolute atomic E-state index is 0. The van der Waals surface area contributed by atoms with Crippen molar-refractivity contribution in [2.24, 2.45) is 5.41 Å². The first-order chi connectivity index (χ1) is 15.5. The van der Waals surface area contributed by atoms with Gasteiger partial charge in [0.2, 0.25) is 0 Å². The van der Waals surface area contributed by atoms with E-state index in [4.69, 9.17) is 9.15 Å². The molecule has 2 N–H and O–H groups in total. The lowest BCUT2D eigenvalue weighted by Gasteiger charge is -2.47. The number of nitrogens with one attached hydrogen (secondary N) is 1. The number of benzene rings is 1. The molecule has 7 nitrogen and oxygen atoms in total. The minimum atomic E-state index is -0.492. The summed E-state index contributed by atoms with van der Waals surface area (Å²) < 4.78 is 11.6. The van der Waals surface area contributed by atoms with Crippen LogP contribution in [0.1, 0.15) is 48.8 Å². The van der Waals surface area contributed by atoms with Gasteiger partial charge in [-0.15, -0.1) is 12.4 Å². The topological polar surface area (TPSA) is 92.0 Å². The summed E-state index contributed by atoms with van der Waals surface area (Å²) in [6.45, 7) is 4.66. The Labute approximate surface area is 199 Å². The second-order valence-electron chi connectivity index (χ2n) is 9.79. The zero-order chi connectivity index (χ0) is 22.3. The number of fused-ring (bicyclic) bond motifs is 3. The number of hydrogen-bond donors (Lipinski definition) is 2. The normalized spacial score (nSPS) is 22.0. The molecule has 0 bridgehead atoms. The van der Waals surface area contributed by atoms with E-state index in [2.05, 4.69) is 5.32 Å². The summed E-state index contributed by atoms with van der Waals surface area (Å²) in [6.07, 6.45) is 5.98. The van der Waals surface area contributed by atoms with Crippen LogP contribution in [-0.2, 0) is 17.6 Å². The molecule has 0 saturated carbocycles. The van der Waals surface area contributed by atoms with E-state index in [1.165, 1.54) is 0 Å². The summed E-state index contributed by atoms with van der Waals surface area (Å²) in [5.41, 5.74) is 2.96. The Hall–Kier alpha value is -2.09. The molecule has 8 heteroatoms. The number of aliphatic hydroxyl groups excluding tert-OH is 1. The highest BCUT2D eigenvalue weighted by atomic mass is 35.5. The zero-order valence-corrected chi connectivity index (χ0v) is 20.0. The summed E-state index contributed by atoms with van der Waals surface area (Å²) in [6, 6.07) is 3.82. The largest absolute Gasteiger partial charge is 0.483 e. The van der Waals surface area contributed by atoms with Crippen molar-refractivity contribution in [1.29, 1.82) is 0 Å². The third kappa shape index (κ3) is 4.63. The number of piperidine rings is 2. The number of aryl methyl sites for hydroxylation is 2. The Morgan fingerprint density at radius 3 is 2.73 bits per heavy atom. The Bertz CT molecular complexity index is 1090. The molecule has 1 atom stereocenters. The van der Waals surface area contributed by atoms with Crippen molar-refractivity contribution in [2.45, 2.75) is 58.0 Å². The molecule has 33 heavy (non-hydrogen) atoms. The molecule has 3 aliphatic rings. The van der Waals surface area contributed by atoms with Crippen molar-refractivity contribution in [3.05, 3.63) is 39.2 Å². The molecule has 1 aliphatic carbocycles. The minimum Gasteiger partial charge on any atom is -0.483 e. The number of hydrogen-bond acceptors (Lipinski definition) is 6. The average Bonchev–Trinajstić information content (AvgIpc) is 2.79. The number of rotatable bonds is 3. The van der Waals surface area contributed by atoms with E-state index in [1.807, 2.05) is 19.1 Å². The number of β-amino-alcohol motifs (C(OH)–C–C–N with tert-alkyl or cyclic N) is 1. The lowest BCUT2D eigenvalue weighted by atomic mass is 9.72. The van der Waals surface area contributed by atoms with E-state index in [0.717, 1.165) is 80.1 Å². The molecule has 2 fully saturated rings. The van der Waals surface area contributed by atoms with Crippen LogP contribution in [0.2, 0.25) is 0 Å². The van der Waals surface area contributed by atoms with Gasteiger partial charge in [0.25, 0.3) is 5.91 Å². The molecule has 180 valence electrons. The van der Waals surface area contributed by atoms with E-state index in [0.29, 0.717) is 24.4 Å². The van der Waals surface area contributed by atoms with Crippen LogP contribution in [0.3, 0.4) is 0 Å². The molecule has 2 saturated heterocycles. The third-order valence-electron chi connectivity index (χ3n) is 7.58. The van der Waals surface area contributed by atoms with Gasteiger partial charge in [0.1, 0.15) is 11.3 Å². The lowest BCUT2D eigenvalue weighted by Crippen LogP contribution is -2.55. The summed E-state index contributed by atoms with van der Waals surface area (Å²) in [5.74, 6) is 0.437. The first kappa shape index (κ1) is 24.0. The zero-order valence-electron chi connectivity index (χ0n) is 19.2. The number of halogens is 1. The molecule has 3 heterocycles. The highest BCUT2D eigenvalue weighted by molar-refractivity contribution is 5.86. The van der Waals surface area contributed by atoms with Crippen LogP contribution in [0, 0.1) is 12.3 Å². The predicted octanol–water partition coefficient (Wildman–Crippen LogP) is 2.74. The Morgan fingerprint density at radius 2 is 1.97 bits per heavy atom. The van der Waals surface area contributed by atoms with Crippen molar-refractivity contribution in [1.82, 2.24) is 10.2 Å². The van der Waals surface area contributed by atoms with Crippen molar-refractivity contribution in [2.75, 3.05) is 32.8 Å². The fourth-order valence-electron chi connectivity index (χ4n) is 5.87. The number of carbonyl (C=O) groups excluding carboxylic acids is 1. The molecule has 1 aromatic heterocycles. The van der Waals surface area contributed by atoms with Gasteiger partial charge in [-0.25, -0.2) is 4.79 Å². The maximum atomic E-state index is 13.0. The van der Waals surface area contributed by atoms with Crippen LogP contribution in [0.25, 0.3) is 11.0 Å². The summed E-state index contributed by atoms with van der Waals surface area (Å²) in [5, 5.41) is 14.8. The molecule has 1 amide bonds. The molecular formula is C25H33ClN2O5. The van der Waals surface area contributed by atoms with E-state index in [9.17, 15) is 14.7 Å². The Kier molecular flexibility index (Phi) is 7.03. The maximum Gasteiger partial charge on any atom is 0.339 e. The van der Waals surface area contributed by atoms with Gasteiger partial charge in [-0.3, -0.25) is 4.79 Å². The van der Waals surface area contributed by atoms with Crippen molar-refractivity contribution < 1.29 is 19.1 Å². The van der Waals surface area contributed by atoms with Gasteiger partial charge >= 0.3 is 5.63 Å². The third-order valence-corrected chi connectivity index (χ3v) is 7.58. The second-order valence-corrected chi connectivity index (χ2v) is 9.79. The molecule has 1 aromatic carbocycles. The van der Waals surface area contributed by atoms with Gasteiger partial charge in [0.15, 0.2) is 6.61 Å². The first-order valence-corrected chi connectivity index (χ1v) is 11.8. The van der Waals surface area contributed by atoms with E-state index in [1.54, 1.807) is 4.90 Å². The summed E-state index contributed by atoms with van der Waals surface area (Å²) in [7, 11) is 0. The van der Waals surface area contributed by atoms with Crippen LogP contribution in [-0.4, -0.2) is 54.8 Å². The molecule has 1 unspecified atom stereocenters. The van der Waals surface area contributed by atoms with E-state index < -0.39 is 6.10 Å². The number of nitrogens with zero attached hydrogens (tertiary/aromatic N) is 1. The quantitative estimate of drug-likeness (QED) is 0.662. The number of carbonyl (C=O) groups is 1. The number of aliphatic hydroxyl groups is 1. The van der Waals surface area contributed by atoms with Crippen molar-refractivity contribution in [3.63, 3.8) is 0 Å². The smallest absolute Gasteiger partial charge is 0.339 e. The monoisotopic (exact) mass is 476 g/mol. The highest BCUT2D eigenvalue weighted by Gasteiger charge is 2.41. The Morgan fingerprint density at radius 1 is 1.24 bits per heavy atom. The van der Waals surface area contributed by atoms with Crippen LogP contribution < -0.4 is 15.7 Å². The van der Waals surface area contributed by atoms with E-state index >= 15 is 0 Å². The molecule has 5 rings (SSSR count). The van der Waals surface area contributed by atoms with Crippen LogP contribution in [0.4, 0.5) is 0 Å². The SMILES string of the molecule is Cc1c(OCC(=O)N2CC(O)CC3(CCNCC3)C2)ccc2c3c(c(=O)oc12)CCCC3.Cl. The summed E-state index contributed by atoms with van der Waals surface area (Å²) in [4.78, 5) is 27.2. The van der Waals surface area contributed by atoms with Gasteiger partial charge in [-0.05, 0) is 88.1 Å². The van der Waals surface area contributed by atoms with Crippen LogP contribution >= 0.6 is 12.4 Å². The Balaban J connectivity index is 0.00000259. The number of amides is 1. The average molecular weight is 477 g/mol. The molecule has 0 radical (unpaired) electrons. The number of ether oxygens (including phenoxy) is 1. The fraction of sp³-hybridized carbons (Fsp3) is 0.600. The maximum absolute atomic E-state index is 13.0. The van der Waals surface area contributed by atoms with Crippen LogP contribution in [0.15, 0.2) is 21.3 Å². The highest BCUT2D eigenvalue weighted by Crippen LogP contribution is 2.38. The first-order valence-electron chi connectivity index (χ1n) is 11.8. The lowest BCUT2D eigenvalue weighted by molar-refractivity contribution is -0.141. The predicted molar refractivity (Wildman–Crippen MR) is 128 cm³/mol. The van der Waals surface area contributed by atoms with E-state index in [-0.39, 0.29) is 36.0 Å². The standard InChI is InChI=1S/C25H32N2O5.ClH/c1-16-21(7-6-19-18-4-2-3-5-20(18)24(30)32-23(16)19)31-14-22(29)27-13-17(28)12-25(15-27)8-10-26-11-9-25;/h6-7,17,26,28H,2-5,8-15H2,1H3;1H.